The predicted octanol–water partition coefficient (Wildman–Crippen LogP) is -0.184. The van der Waals surface area contributed by atoms with Gasteiger partial charge < -0.3 is 24.4 Å². The average molecular weight is 248 g/mol. The first-order chi connectivity index (χ1) is 8.09. The molecule has 2 atom stereocenters. The SMILES string of the molecule is CC1(CCC(=O)OCCCO)OCC(CO)O1. The Morgan fingerprint density at radius 1 is 1.53 bits per heavy atom. The quantitative estimate of drug-likeness (QED) is 0.480. The minimum atomic E-state index is -0.816. The zero-order valence-electron chi connectivity index (χ0n) is 10.1. The molecule has 0 radical (unpaired) electrons. The molecule has 1 heterocycles. The molecular weight excluding hydrogens is 228 g/mol. The highest BCUT2D eigenvalue weighted by Gasteiger charge is 2.37. The highest BCUT2D eigenvalue weighted by Crippen LogP contribution is 2.27. The smallest absolute Gasteiger partial charge is 0.305 e. The normalized spacial score (nSPS) is 28.3. The van der Waals surface area contributed by atoms with Crippen molar-refractivity contribution < 1.29 is 29.2 Å². The lowest BCUT2D eigenvalue weighted by Crippen LogP contribution is -2.28. The van der Waals surface area contributed by atoms with Gasteiger partial charge in [-0.2, -0.15) is 0 Å². The van der Waals surface area contributed by atoms with E-state index >= 15 is 0 Å². The molecule has 0 aromatic rings. The maximum absolute atomic E-state index is 11.3. The molecule has 6 heteroatoms. The summed E-state index contributed by atoms with van der Waals surface area (Å²) in [7, 11) is 0. The van der Waals surface area contributed by atoms with Crippen LogP contribution >= 0.6 is 0 Å². The van der Waals surface area contributed by atoms with Crippen molar-refractivity contribution in [3.8, 4) is 0 Å². The summed E-state index contributed by atoms with van der Waals surface area (Å²) in [4.78, 5) is 11.3. The Balaban J connectivity index is 2.19. The van der Waals surface area contributed by atoms with Crippen LogP contribution < -0.4 is 0 Å². The van der Waals surface area contributed by atoms with Crippen molar-refractivity contribution in [2.24, 2.45) is 0 Å². The molecule has 1 fully saturated rings. The summed E-state index contributed by atoms with van der Waals surface area (Å²) in [5.41, 5.74) is 0. The number of rotatable bonds is 7. The fraction of sp³-hybridized carbons (Fsp3) is 0.909. The molecule has 2 N–H and O–H groups in total. The zero-order valence-corrected chi connectivity index (χ0v) is 10.1. The van der Waals surface area contributed by atoms with Crippen molar-refractivity contribution in [1.82, 2.24) is 0 Å². The maximum atomic E-state index is 11.3. The number of aliphatic hydroxyl groups is 2. The van der Waals surface area contributed by atoms with Gasteiger partial charge in [0.05, 0.1) is 26.2 Å². The molecule has 17 heavy (non-hydrogen) atoms. The minimum absolute atomic E-state index is 0.00932. The van der Waals surface area contributed by atoms with Gasteiger partial charge in [0.25, 0.3) is 0 Å². The van der Waals surface area contributed by atoms with Gasteiger partial charge in [-0.25, -0.2) is 0 Å². The van der Waals surface area contributed by atoms with Crippen molar-refractivity contribution in [1.29, 1.82) is 0 Å². The molecule has 1 rings (SSSR count). The van der Waals surface area contributed by atoms with Gasteiger partial charge in [0, 0.05) is 19.4 Å². The summed E-state index contributed by atoms with van der Waals surface area (Å²) >= 11 is 0. The largest absolute Gasteiger partial charge is 0.466 e. The van der Waals surface area contributed by atoms with Crippen LogP contribution in [0.25, 0.3) is 0 Å². The van der Waals surface area contributed by atoms with E-state index in [2.05, 4.69) is 0 Å². The van der Waals surface area contributed by atoms with Crippen molar-refractivity contribution in [3.05, 3.63) is 0 Å². The van der Waals surface area contributed by atoms with E-state index in [1.165, 1.54) is 0 Å². The number of hydrogen-bond donors (Lipinski definition) is 2. The van der Waals surface area contributed by atoms with E-state index in [0.29, 0.717) is 19.4 Å². The van der Waals surface area contributed by atoms with Gasteiger partial charge in [-0.1, -0.05) is 0 Å². The Labute approximate surface area is 100 Å². The highest BCUT2D eigenvalue weighted by molar-refractivity contribution is 5.69. The standard InChI is InChI=1S/C11H20O6/c1-11(16-8-9(7-13)17-11)4-3-10(14)15-6-2-5-12/h9,12-13H,2-8H2,1H3. The van der Waals surface area contributed by atoms with E-state index in [1.54, 1.807) is 6.92 Å². The van der Waals surface area contributed by atoms with Crippen LogP contribution in [0.1, 0.15) is 26.2 Å². The van der Waals surface area contributed by atoms with Crippen LogP contribution in [0.2, 0.25) is 0 Å². The average Bonchev–Trinajstić information content (AvgIpc) is 2.70. The Morgan fingerprint density at radius 3 is 2.88 bits per heavy atom. The number of hydrogen-bond acceptors (Lipinski definition) is 6. The lowest BCUT2D eigenvalue weighted by Gasteiger charge is -2.22. The Hall–Kier alpha value is -0.690. The fourth-order valence-corrected chi connectivity index (χ4v) is 1.56. The molecule has 0 aromatic heterocycles. The Bertz CT molecular complexity index is 244. The van der Waals surface area contributed by atoms with Gasteiger partial charge in [0.15, 0.2) is 5.79 Å². The number of ether oxygens (including phenoxy) is 3. The molecular formula is C11H20O6. The summed E-state index contributed by atoms with van der Waals surface area (Å²) in [6.07, 6.45) is 0.717. The summed E-state index contributed by atoms with van der Waals surface area (Å²) < 4.78 is 15.7. The van der Waals surface area contributed by atoms with E-state index < -0.39 is 5.79 Å². The summed E-state index contributed by atoms with van der Waals surface area (Å²) in [5, 5.41) is 17.4. The first-order valence-corrected chi connectivity index (χ1v) is 5.79. The molecule has 2 unspecified atom stereocenters. The van der Waals surface area contributed by atoms with Gasteiger partial charge in [0.1, 0.15) is 6.10 Å². The molecule has 0 aromatic carbocycles. The second-order valence-electron chi connectivity index (χ2n) is 4.16. The van der Waals surface area contributed by atoms with Gasteiger partial charge in [-0.3, -0.25) is 4.79 Å². The van der Waals surface area contributed by atoms with Crippen LogP contribution in [0.15, 0.2) is 0 Å². The van der Waals surface area contributed by atoms with Crippen molar-refractivity contribution in [2.75, 3.05) is 26.4 Å². The van der Waals surface area contributed by atoms with Gasteiger partial charge in [0.2, 0.25) is 0 Å². The first-order valence-electron chi connectivity index (χ1n) is 5.79. The maximum Gasteiger partial charge on any atom is 0.305 e. The molecule has 1 aliphatic rings. The summed E-state index contributed by atoms with van der Waals surface area (Å²) in [6, 6.07) is 0. The monoisotopic (exact) mass is 248 g/mol. The summed E-state index contributed by atoms with van der Waals surface area (Å²) in [5.74, 6) is -1.15. The molecule has 0 bridgehead atoms. The molecule has 1 saturated heterocycles. The van der Waals surface area contributed by atoms with Crippen LogP contribution in [0.4, 0.5) is 0 Å². The van der Waals surface area contributed by atoms with E-state index in [1.807, 2.05) is 0 Å². The fourth-order valence-electron chi connectivity index (χ4n) is 1.56. The number of carbonyl (C=O) groups excluding carboxylic acids is 1. The predicted molar refractivity (Wildman–Crippen MR) is 58.2 cm³/mol. The van der Waals surface area contributed by atoms with E-state index in [4.69, 9.17) is 24.4 Å². The van der Waals surface area contributed by atoms with Crippen molar-refractivity contribution in [3.63, 3.8) is 0 Å². The number of carbonyl (C=O) groups is 1. The van der Waals surface area contributed by atoms with E-state index in [-0.39, 0.29) is 38.3 Å². The third kappa shape index (κ3) is 4.99. The molecule has 0 aliphatic carbocycles. The molecule has 0 spiro atoms. The molecule has 0 amide bonds. The third-order valence-corrected chi connectivity index (χ3v) is 2.54. The van der Waals surface area contributed by atoms with Crippen molar-refractivity contribution in [2.45, 2.75) is 38.1 Å². The van der Waals surface area contributed by atoms with Gasteiger partial charge in [-0.05, 0) is 6.92 Å². The Kier molecular flexibility index (Phi) is 5.84. The Morgan fingerprint density at radius 2 is 2.29 bits per heavy atom. The lowest BCUT2D eigenvalue weighted by molar-refractivity contribution is -0.170. The van der Waals surface area contributed by atoms with Crippen LogP contribution in [0.5, 0.6) is 0 Å². The number of aliphatic hydroxyl groups excluding tert-OH is 2. The van der Waals surface area contributed by atoms with Crippen LogP contribution in [0.3, 0.4) is 0 Å². The molecule has 1 aliphatic heterocycles. The first kappa shape index (κ1) is 14.4. The minimum Gasteiger partial charge on any atom is -0.466 e. The molecule has 6 nitrogen and oxygen atoms in total. The zero-order chi connectivity index (χ0) is 12.7. The molecule has 0 saturated carbocycles. The number of esters is 1. The van der Waals surface area contributed by atoms with E-state index in [9.17, 15) is 4.79 Å². The van der Waals surface area contributed by atoms with E-state index in [0.717, 1.165) is 0 Å². The van der Waals surface area contributed by atoms with Gasteiger partial charge in [-0.15, -0.1) is 0 Å². The van der Waals surface area contributed by atoms with Crippen molar-refractivity contribution >= 4 is 5.97 Å². The topological polar surface area (TPSA) is 85.2 Å². The second kappa shape index (κ2) is 6.90. The van der Waals surface area contributed by atoms with Gasteiger partial charge >= 0.3 is 5.97 Å². The summed E-state index contributed by atoms with van der Waals surface area (Å²) in [6.45, 7) is 2.23. The second-order valence-corrected chi connectivity index (χ2v) is 4.16. The molecule has 100 valence electrons. The van der Waals surface area contributed by atoms with Crippen LogP contribution in [-0.2, 0) is 19.0 Å². The van der Waals surface area contributed by atoms with Crippen LogP contribution in [-0.4, -0.2) is 54.5 Å². The highest BCUT2D eigenvalue weighted by atomic mass is 16.7. The lowest BCUT2D eigenvalue weighted by atomic mass is 10.2. The van der Waals surface area contributed by atoms with Crippen LogP contribution in [0, 0.1) is 0 Å². The third-order valence-electron chi connectivity index (χ3n) is 2.54.